The van der Waals surface area contributed by atoms with E-state index in [1.54, 1.807) is 6.07 Å². The fourth-order valence-corrected chi connectivity index (χ4v) is 2.42. The molecule has 0 radical (unpaired) electrons. The Labute approximate surface area is 115 Å². The first-order chi connectivity index (χ1) is 9.17. The second-order valence-electron chi connectivity index (χ2n) is 4.42. The SMILES string of the molecule is Cc1cc(Cl)cc(-c2nc3c(C#N)cccc3[nH]2)c1. The van der Waals surface area contributed by atoms with Crippen molar-refractivity contribution in [3.05, 3.63) is 52.5 Å². The number of aromatic amines is 1. The zero-order valence-corrected chi connectivity index (χ0v) is 11.0. The Bertz CT molecular complexity index is 792. The number of aromatic nitrogens is 2. The van der Waals surface area contributed by atoms with Gasteiger partial charge in [0.25, 0.3) is 0 Å². The lowest BCUT2D eigenvalue weighted by atomic mass is 10.1. The number of nitrogens with zero attached hydrogens (tertiary/aromatic N) is 2. The quantitative estimate of drug-likeness (QED) is 0.723. The van der Waals surface area contributed by atoms with Gasteiger partial charge in [-0.15, -0.1) is 0 Å². The van der Waals surface area contributed by atoms with Gasteiger partial charge in [-0.05, 0) is 42.8 Å². The molecular weight excluding hydrogens is 258 g/mol. The molecule has 0 saturated carbocycles. The molecule has 0 aliphatic heterocycles. The average molecular weight is 268 g/mol. The number of nitrogens with one attached hydrogen (secondary N) is 1. The van der Waals surface area contributed by atoms with Gasteiger partial charge < -0.3 is 4.98 Å². The molecule has 1 heterocycles. The maximum absolute atomic E-state index is 9.08. The fraction of sp³-hybridized carbons (Fsp3) is 0.0667. The Morgan fingerprint density at radius 1 is 1.26 bits per heavy atom. The third-order valence-corrected chi connectivity index (χ3v) is 3.17. The molecule has 1 aromatic heterocycles. The smallest absolute Gasteiger partial charge is 0.138 e. The lowest BCUT2D eigenvalue weighted by Crippen LogP contribution is -1.82. The van der Waals surface area contributed by atoms with Crippen molar-refractivity contribution >= 4 is 22.6 Å². The summed E-state index contributed by atoms with van der Waals surface area (Å²) in [5.74, 6) is 0.725. The van der Waals surface area contributed by atoms with E-state index in [0.29, 0.717) is 16.1 Å². The lowest BCUT2D eigenvalue weighted by Gasteiger charge is -2.00. The minimum atomic E-state index is 0.568. The molecule has 0 aliphatic rings. The van der Waals surface area contributed by atoms with E-state index in [1.165, 1.54) is 0 Å². The van der Waals surface area contributed by atoms with E-state index in [1.807, 2.05) is 37.3 Å². The molecule has 2 aromatic carbocycles. The van der Waals surface area contributed by atoms with Crippen LogP contribution in [0.2, 0.25) is 5.02 Å². The molecule has 0 unspecified atom stereocenters. The topological polar surface area (TPSA) is 52.5 Å². The molecule has 19 heavy (non-hydrogen) atoms. The van der Waals surface area contributed by atoms with Crippen molar-refractivity contribution in [3.8, 4) is 17.5 Å². The van der Waals surface area contributed by atoms with Crippen LogP contribution >= 0.6 is 11.6 Å². The molecule has 3 aromatic rings. The van der Waals surface area contributed by atoms with E-state index in [0.717, 1.165) is 22.5 Å². The van der Waals surface area contributed by atoms with Crippen molar-refractivity contribution in [2.45, 2.75) is 6.92 Å². The summed E-state index contributed by atoms with van der Waals surface area (Å²) < 4.78 is 0. The van der Waals surface area contributed by atoms with Gasteiger partial charge in [-0.2, -0.15) is 5.26 Å². The molecule has 1 N–H and O–H groups in total. The molecule has 0 aliphatic carbocycles. The first-order valence-electron chi connectivity index (χ1n) is 5.84. The molecule has 0 fully saturated rings. The molecule has 3 rings (SSSR count). The van der Waals surface area contributed by atoms with Gasteiger partial charge in [0.2, 0.25) is 0 Å². The van der Waals surface area contributed by atoms with E-state index >= 15 is 0 Å². The summed E-state index contributed by atoms with van der Waals surface area (Å²) in [5, 5.41) is 9.76. The first-order valence-corrected chi connectivity index (χ1v) is 6.21. The molecule has 92 valence electrons. The Balaban J connectivity index is 2.24. The molecule has 3 nitrogen and oxygen atoms in total. The second-order valence-corrected chi connectivity index (χ2v) is 4.85. The lowest BCUT2D eigenvalue weighted by molar-refractivity contribution is 1.32. The number of para-hydroxylation sites is 1. The van der Waals surface area contributed by atoms with E-state index in [9.17, 15) is 0 Å². The van der Waals surface area contributed by atoms with Gasteiger partial charge >= 0.3 is 0 Å². The van der Waals surface area contributed by atoms with Gasteiger partial charge in [-0.1, -0.05) is 17.7 Å². The average Bonchev–Trinajstić information content (AvgIpc) is 2.81. The number of hydrogen-bond donors (Lipinski definition) is 1. The van der Waals surface area contributed by atoms with Crippen LogP contribution in [0.25, 0.3) is 22.4 Å². The van der Waals surface area contributed by atoms with Crippen molar-refractivity contribution in [1.29, 1.82) is 5.26 Å². The summed E-state index contributed by atoms with van der Waals surface area (Å²) in [5.41, 5.74) is 4.11. The van der Waals surface area contributed by atoms with Crippen LogP contribution in [0.15, 0.2) is 36.4 Å². The molecule has 0 spiro atoms. The number of hydrogen-bond acceptors (Lipinski definition) is 2. The Hall–Kier alpha value is -2.31. The van der Waals surface area contributed by atoms with Gasteiger partial charge in [0.1, 0.15) is 17.4 Å². The molecule has 0 atom stereocenters. The van der Waals surface area contributed by atoms with Crippen molar-refractivity contribution < 1.29 is 0 Å². The summed E-state index contributed by atoms with van der Waals surface area (Å²) >= 11 is 6.06. The summed E-state index contributed by atoms with van der Waals surface area (Å²) in [6, 6.07) is 13.4. The zero-order chi connectivity index (χ0) is 13.4. The largest absolute Gasteiger partial charge is 0.338 e. The summed E-state index contributed by atoms with van der Waals surface area (Å²) in [6.07, 6.45) is 0. The number of aryl methyl sites for hydroxylation is 1. The monoisotopic (exact) mass is 267 g/mol. The summed E-state index contributed by atoms with van der Waals surface area (Å²) in [7, 11) is 0. The third-order valence-electron chi connectivity index (χ3n) is 2.95. The van der Waals surface area contributed by atoms with Crippen LogP contribution in [0.4, 0.5) is 0 Å². The highest BCUT2D eigenvalue weighted by molar-refractivity contribution is 6.30. The highest BCUT2D eigenvalue weighted by Crippen LogP contribution is 2.25. The van der Waals surface area contributed by atoms with Gasteiger partial charge in [-0.3, -0.25) is 0 Å². The van der Waals surface area contributed by atoms with Gasteiger partial charge in [0.15, 0.2) is 0 Å². The van der Waals surface area contributed by atoms with Gasteiger partial charge in [0, 0.05) is 10.6 Å². The van der Waals surface area contributed by atoms with E-state index < -0.39 is 0 Å². The Morgan fingerprint density at radius 3 is 2.84 bits per heavy atom. The van der Waals surface area contributed by atoms with Crippen LogP contribution < -0.4 is 0 Å². The van der Waals surface area contributed by atoms with Crippen molar-refractivity contribution in [3.63, 3.8) is 0 Å². The number of rotatable bonds is 1. The van der Waals surface area contributed by atoms with Crippen LogP contribution in [-0.2, 0) is 0 Å². The predicted octanol–water partition coefficient (Wildman–Crippen LogP) is 4.06. The van der Waals surface area contributed by atoms with Crippen LogP contribution in [-0.4, -0.2) is 9.97 Å². The molecule has 0 bridgehead atoms. The van der Waals surface area contributed by atoms with Crippen molar-refractivity contribution in [2.24, 2.45) is 0 Å². The van der Waals surface area contributed by atoms with Crippen LogP contribution in [0.3, 0.4) is 0 Å². The predicted molar refractivity (Wildman–Crippen MR) is 76.0 cm³/mol. The van der Waals surface area contributed by atoms with E-state index in [-0.39, 0.29) is 0 Å². The Morgan fingerprint density at radius 2 is 2.11 bits per heavy atom. The number of H-pyrrole nitrogens is 1. The number of benzene rings is 2. The third kappa shape index (κ3) is 2.07. The standard InChI is InChI=1S/C15H10ClN3/c1-9-5-11(7-12(16)6-9)15-18-13-4-2-3-10(8-17)14(13)19-15/h2-7H,1H3,(H,18,19). The summed E-state index contributed by atoms with van der Waals surface area (Å²) in [6.45, 7) is 1.98. The molecule has 0 amide bonds. The normalized spacial score (nSPS) is 10.6. The van der Waals surface area contributed by atoms with Crippen LogP contribution in [0, 0.1) is 18.3 Å². The van der Waals surface area contributed by atoms with Gasteiger partial charge in [-0.25, -0.2) is 4.98 Å². The zero-order valence-electron chi connectivity index (χ0n) is 10.2. The minimum Gasteiger partial charge on any atom is -0.338 e. The maximum Gasteiger partial charge on any atom is 0.138 e. The minimum absolute atomic E-state index is 0.568. The number of nitriles is 1. The molecule has 4 heteroatoms. The molecule has 0 saturated heterocycles. The van der Waals surface area contributed by atoms with Crippen molar-refractivity contribution in [1.82, 2.24) is 9.97 Å². The molecular formula is C15H10ClN3. The van der Waals surface area contributed by atoms with Gasteiger partial charge in [0.05, 0.1) is 11.1 Å². The van der Waals surface area contributed by atoms with Crippen LogP contribution in [0.1, 0.15) is 11.1 Å². The fourth-order valence-electron chi connectivity index (χ4n) is 2.13. The van der Waals surface area contributed by atoms with Crippen LogP contribution in [0.5, 0.6) is 0 Å². The Kier molecular flexibility index (Phi) is 2.73. The van der Waals surface area contributed by atoms with E-state index in [2.05, 4.69) is 16.0 Å². The summed E-state index contributed by atoms with van der Waals surface area (Å²) in [4.78, 5) is 7.72. The highest BCUT2D eigenvalue weighted by Gasteiger charge is 2.09. The first kappa shape index (κ1) is 11.8. The van der Waals surface area contributed by atoms with E-state index in [4.69, 9.17) is 16.9 Å². The maximum atomic E-state index is 9.08. The number of fused-ring (bicyclic) bond motifs is 1. The number of halogens is 1. The second kappa shape index (κ2) is 4.42. The highest BCUT2D eigenvalue weighted by atomic mass is 35.5. The number of imidazole rings is 1. The van der Waals surface area contributed by atoms with Crippen molar-refractivity contribution in [2.75, 3.05) is 0 Å².